The van der Waals surface area contributed by atoms with Gasteiger partial charge in [-0.15, -0.1) is 0 Å². The van der Waals surface area contributed by atoms with E-state index in [4.69, 9.17) is 5.73 Å². The van der Waals surface area contributed by atoms with Gasteiger partial charge in [0.15, 0.2) is 0 Å². The highest BCUT2D eigenvalue weighted by Gasteiger charge is 2.25. The van der Waals surface area contributed by atoms with Crippen LogP contribution in [0.1, 0.15) is 12.0 Å². The van der Waals surface area contributed by atoms with Crippen LogP contribution in [0.15, 0.2) is 18.2 Å². The van der Waals surface area contributed by atoms with Crippen molar-refractivity contribution in [2.45, 2.75) is 13.3 Å². The van der Waals surface area contributed by atoms with Crippen molar-refractivity contribution in [3.63, 3.8) is 0 Å². The van der Waals surface area contributed by atoms with Crippen molar-refractivity contribution in [3.05, 3.63) is 23.8 Å². The SMILES string of the molecule is Cc1c(N)cccc1N1CCC(=O)NC1=O. The number of rotatable bonds is 1. The van der Waals surface area contributed by atoms with Crippen molar-refractivity contribution in [2.24, 2.45) is 0 Å². The van der Waals surface area contributed by atoms with Crippen LogP contribution in [0.4, 0.5) is 16.2 Å². The molecule has 5 nitrogen and oxygen atoms in total. The fourth-order valence-corrected chi connectivity index (χ4v) is 1.73. The van der Waals surface area contributed by atoms with Crippen LogP contribution >= 0.6 is 0 Å². The molecule has 1 aliphatic rings. The van der Waals surface area contributed by atoms with Gasteiger partial charge in [-0.25, -0.2) is 4.79 Å². The minimum Gasteiger partial charge on any atom is -0.398 e. The molecular formula is C11H13N3O2. The minimum atomic E-state index is -0.384. The van der Waals surface area contributed by atoms with Gasteiger partial charge < -0.3 is 5.73 Å². The Bertz CT molecular complexity index is 457. The first-order chi connectivity index (χ1) is 7.59. The average Bonchev–Trinajstić information content (AvgIpc) is 2.23. The van der Waals surface area contributed by atoms with Crippen LogP contribution in [0.5, 0.6) is 0 Å². The smallest absolute Gasteiger partial charge is 0.328 e. The molecule has 3 N–H and O–H groups in total. The molecule has 1 aromatic carbocycles. The number of carbonyl (C=O) groups excluding carboxylic acids is 2. The van der Waals surface area contributed by atoms with Gasteiger partial charge in [-0.05, 0) is 24.6 Å². The second-order valence-electron chi connectivity index (χ2n) is 3.75. The third kappa shape index (κ3) is 1.71. The number of nitrogen functional groups attached to an aromatic ring is 1. The van der Waals surface area contributed by atoms with Crippen LogP contribution in [0.3, 0.4) is 0 Å². The van der Waals surface area contributed by atoms with Crippen molar-refractivity contribution < 1.29 is 9.59 Å². The summed E-state index contributed by atoms with van der Waals surface area (Å²) in [5, 5.41) is 2.28. The lowest BCUT2D eigenvalue weighted by molar-refractivity contribution is -0.120. The van der Waals surface area contributed by atoms with Gasteiger partial charge in [-0.2, -0.15) is 0 Å². The van der Waals surface area contributed by atoms with E-state index < -0.39 is 0 Å². The first kappa shape index (κ1) is 10.5. The molecule has 0 aromatic heterocycles. The van der Waals surface area contributed by atoms with E-state index in [9.17, 15) is 9.59 Å². The normalized spacial score (nSPS) is 16.2. The third-order valence-electron chi connectivity index (χ3n) is 2.69. The molecule has 0 aliphatic carbocycles. The maximum Gasteiger partial charge on any atom is 0.328 e. The molecule has 0 unspecified atom stereocenters. The molecule has 84 valence electrons. The van der Waals surface area contributed by atoms with Crippen molar-refractivity contribution in [1.82, 2.24) is 5.32 Å². The Hall–Kier alpha value is -2.04. The van der Waals surface area contributed by atoms with Gasteiger partial charge >= 0.3 is 6.03 Å². The molecule has 1 fully saturated rings. The molecule has 0 radical (unpaired) electrons. The standard InChI is InChI=1S/C11H13N3O2/c1-7-8(12)3-2-4-9(7)14-6-5-10(15)13-11(14)16/h2-4H,5-6,12H2,1H3,(H,13,15,16). The Kier molecular flexibility index (Phi) is 2.52. The Morgan fingerprint density at radius 2 is 2.12 bits per heavy atom. The summed E-state index contributed by atoms with van der Waals surface area (Å²) in [6.07, 6.45) is 0.319. The average molecular weight is 219 g/mol. The second-order valence-corrected chi connectivity index (χ2v) is 3.75. The van der Waals surface area contributed by atoms with Crippen molar-refractivity contribution in [3.8, 4) is 0 Å². The summed E-state index contributed by atoms with van der Waals surface area (Å²) < 4.78 is 0. The van der Waals surface area contributed by atoms with Gasteiger partial charge in [-0.3, -0.25) is 15.0 Å². The Morgan fingerprint density at radius 1 is 1.38 bits per heavy atom. The number of hydrogen-bond acceptors (Lipinski definition) is 3. The number of nitrogens with two attached hydrogens (primary N) is 1. The fraction of sp³-hybridized carbons (Fsp3) is 0.273. The second kappa shape index (κ2) is 3.84. The lowest BCUT2D eigenvalue weighted by Gasteiger charge is -2.28. The molecule has 16 heavy (non-hydrogen) atoms. The summed E-state index contributed by atoms with van der Waals surface area (Å²) in [6.45, 7) is 2.25. The number of imide groups is 1. The van der Waals surface area contributed by atoms with E-state index >= 15 is 0 Å². The Balaban J connectivity index is 2.34. The van der Waals surface area contributed by atoms with E-state index in [1.54, 1.807) is 12.1 Å². The van der Waals surface area contributed by atoms with Crippen molar-refractivity contribution in [1.29, 1.82) is 0 Å². The van der Waals surface area contributed by atoms with Crippen LogP contribution in [-0.2, 0) is 4.79 Å². The highest BCUT2D eigenvalue weighted by atomic mass is 16.2. The molecule has 1 aliphatic heterocycles. The number of benzene rings is 1. The van der Waals surface area contributed by atoms with Crippen LogP contribution in [0.2, 0.25) is 0 Å². The molecule has 2 rings (SSSR count). The van der Waals surface area contributed by atoms with E-state index in [-0.39, 0.29) is 11.9 Å². The highest BCUT2D eigenvalue weighted by molar-refractivity contribution is 6.06. The fourth-order valence-electron chi connectivity index (χ4n) is 1.73. The van der Waals surface area contributed by atoms with E-state index in [2.05, 4.69) is 5.32 Å². The largest absolute Gasteiger partial charge is 0.398 e. The zero-order valence-corrected chi connectivity index (χ0v) is 8.99. The lowest BCUT2D eigenvalue weighted by atomic mass is 10.1. The molecule has 1 heterocycles. The molecule has 1 saturated heterocycles. The van der Waals surface area contributed by atoms with Crippen molar-refractivity contribution >= 4 is 23.3 Å². The summed E-state index contributed by atoms with van der Waals surface area (Å²) in [7, 11) is 0. The van der Waals surface area contributed by atoms with Crippen LogP contribution < -0.4 is 16.0 Å². The zero-order valence-electron chi connectivity index (χ0n) is 8.99. The number of amides is 3. The summed E-state index contributed by atoms with van der Waals surface area (Å²) in [4.78, 5) is 24.2. The molecular weight excluding hydrogens is 206 g/mol. The number of carbonyl (C=O) groups is 2. The summed E-state index contributed by atoms with van der Waals surface area (Å²) in [6, 6.07) is 5.01. The molecule has 3 amide bonds. The third-order valence-corrected chi connectivity index (χ3v) is 2.69. The van der Waals surface area contributed by atoms with E-state index in [1.807, 2.05) is 13.0 Å². The lowest BCUT2D eigenvalue weighted by Crippen LogP contribution is -2.49. The summed E-state index contributed by atoms with van der Waals surface area (Å²) >= 11 is 0. The highest BCUT2D eigenvalue weighted by Crippen LogP contribution is 2.25. The summed E-state index contributed by atoms with van der Waals surface area (Å²) in [5.74, 6) is -0.234. The number of urea groups is 1. The Morgan fingerprint density at radius 3 is 2.81 bits per heavy atom. The van der Waals surface area contributed by atoms with E-state index in [0.717, 1.165) is 11.3 Å². The maximum absolute atomic E-state index is 11.6. The van der Waals surface area contributed by atoms with Crippen LogP contribution in [0, 0.1) is 6.92 Å². The molecule has 0 spiro atoms. The van der Waals surface area contributed by atoms with Gasteiger partial charge in [-0.1, -0.05) is 6.07 Å². The quantitative estimate of drug-likeness (QED) is 0.692. The molecule has 0 bridgehead atoms. The van der Waals surface area contributed by atoms with Gasteiger partial charge in [0.25, 0.3) is 0 Å². The minimum absolute atomic E-state index is 0.234. The predicted octanol–water partition coefficient (Wildman–Crippen LogP) is 1.02. The summed E-state index contributed by atoms with van der Waals surface area (Å²) in [5.41, 5.74) is 8.02. The number of nitrogens with zero attached hydrogens (tertiary/aromatic N) is 1. The first-order valence-electron chi connectivity index (χ1n) is 5.06. The maximum atomic E-state index is 11.6. The van der Waals surface area contributed by atoms with Crippen LogP contribution in [-0.4, -0.2) is 18.5 Å². The van der Waals surface area contributed by atoms with Gasteiger partial charge in [0.05, 0.1) is 5.69 Å². The molecule has 5 heteroatoms. The predicted molar refractivity (Wildman–Crippen MR) is 61.1 cm³/mol. The number of anilines is 2. The van der Waals surface area contributed by atoms with Gasteiger partial charge in [0, 0.05) is 18.7 Å². The first-order valence-corrected chi connectivity index (χ1v) is 5.06. The molecule has 0 saturated carbocycles. The van der Waals surface area contributed by atoms with Crippen LogP contribution in [0.25, 0.3) is 0 Å². The van der Waals surface area contributed by atoms with Gasteiger partial charge in [0.2, 0.25) is 5.91 Å². The topological polar surface area (TPSA) is 75.4 Å². The molecule has 1 aromatic rings. The number of nitrogens with one attached hydrogen (secondary N) is 1. The van der Waals surface area contributed by atoms with E-state index in [0.29, 0.717) is 18.7 Å². The zero-order chi connectivity index (χ0) is 11.7. The van der Waals surface area contributed by atoms with E-state index in [1.165, 1.54) is 4.90 Å². The Labute approximate surface area is 93.2 Å². The number of hydrogen-bond donors (Lipinski definition) is 2. The van der Waals surface area contributed by atoms with Crippen molar-refractivity contribution in [2.75, 3.05) is 17.2 Å². The molecule has 0 atom stereocenters. The monoisotopic (exact) mass is 219 g/mol. The van der Waals surface area contributed by atoms with Gasteiger partial charge in [0.1, 0.15) is 0 Å².